The summed E-state index contributed by atoms with van der Waals surface area (Å²) in [6.07, 6.45) is 4.00. The van der Waals surface area contributed by atoms with E-state index in [1.807, 2.05) is 0 Å². The van der Waals surface area contributed by atoms with E-state index in [4.69, 9.17) is 15.6 Å². The van der Waals surface area contributed by atoms with Crippen molar-refractivity contribution in [3.63, 3.8) is 0 Å². The Morgan fingerprint density at radius 3 is 2.36 bits per heavy atom. The van der Waals surface area contributed by atoms with Crippen LogP contribution in [-0.4, -0.2) is 41.3 Å². The van der Waals surface area contributed by atoms with E-state index < -0.39 is 17.9 Å². The topological polar surface area (TPSA) is 102 Å². The maximum absolute atomic E-state index is 12.0. The van der Waals surface area contributed by atoms with Gasteiger partial charge in [-0.2, -0.15) is 0 Å². The molecule has 1 unspecified atom stereocenters. The summed E-state index contributed by atoms with van der Waals surface area (Å²) in [5, 5.41) is 11.6. The number of carboxylic acids is 1. The van der Waals surface area contributed by atoms with Gasteiger partial charge in [-0.3, -0.25) is 9.59 Å². The van der Waals surface area contributed by atoms with Crippen LogP contribution in [0.2, 0.25) is 0 Å². The summed E-state index contributed by atoms with van der Waals surface area (Å²) in [5.41, 5.74) is 5.35. The van der Waals surface area contributed by atoms with Gasteiger partial charge in [-0.25, -0.2) is 0 Å². The molecule has 2 aliphatic rings. The van der Waals surface area contributed by atoms with Gasteiger partial charge < -0.3 is 20.9 Å². The molecule has 0 aromatic rings. The summed E-state index contributed by atoms with van der Waals surface area (Å²) in [6.45, 7) is 7.02. The van der Waals surface area contributed by atoms with Crippen molar-refractivity contribution in [2.75, 3.05) is 6.61 Å². The molecule has 0 aromatic heterocycles. The first-order valence-corrected chi connectivity index (χ1v) is 8.04. The van der Waals surface area contributed by atoms with Gasteiger partial charge in [0, 0.05) is 0 Å². The van der Waals surface area contributed by atoms with Gasteiger partial charge >= 0.3 is 5.97 Å². The molecule has 0 aliphatic heterocycles. The second kappa shape index (κ2) is 6.16. The summed E-state index contributed by atoms with van der Waals surface area (Å²) in [6, 6.07) is -1.00. The minimum atomic E-state index is -1.06. The van der Waals surface area contributed by atoms with Crippen LogP contribution in [0, 0.1) is 11.3 Å². The fourth-order valence-corrected chi connectivity index (χ4v) is 2.83. The third-order valence-electron chi connectivity index (χ3n) is 4.42. The lowest BCUT2D eigenvalue weighted by atomic mass is 9.86. The van der Waals surface area contributed by atoms with E-state index in [1.54, 1.807) is 0 Å². The predicted octanol–water partition coefficient (Wildman–Crippen LogP) is 1.28. The van der Waals surface area contributed by atoms with E-state index in [0.717, 1.165) is 12.8 Å². The van der Waals surface area contributed by atoms with Crippen molar-refractivity contribution in [2.24, 2.45) is 17.1 Å². The number of aliphatic carboxylic acids is 1. The highest BCUT2D eigenvalue weighted by Gasteiger charge is 2.48. The van der Waals surface area contributed by atoms with Crippen molar-refractivity contribution in [3.8, 4) is 0 Å². The van der Waals surface area contributed by atoms with Crippen LogP contribution in [0.15, 0.2) is 0 Å². The van der Waals surface area contributed by atoms with Gasteiger partial charge in [0.25, 0.3) is 0 Å². The van der Waals surface area contributed by atoms with Crippen molar-refractivity contribution < 1.29 is 19.4 Å². The van der Waals surface area contributed by atoms with E-state index in [2.05, 4.69) is 26.1 Å². The Hall–Kier alpha value is -1.14. The molecule has 126 valence electrons. The zero-order valence-corrected chi connectivity index (χ0v) is 13.7. The lowest BCUT2D eigenvalue weighted by molar-refractivity contribution is -0.139. The van der Waals surface area contributed by atoms with E-state index in [9.17, 15) is 9.59 Å². The molecule has 2 fully saturated rings. The maximum Gasteiger partial charge on any atom is 0.305 e. The van der Waals surface area contributed by atoms with Crippen molar-refractivity contribution in [1.29, 1.82) is 0 Å². The van der Waals surface area contributed by atoms with Crippen LogP contribution in [0.1, 0.15) is 52.9 Å². The van der Waals surface area contributed by atoms with Crippen LogP contribution in [0.25, 0.3) is 0 Å². The zero-order valence-electron chi connectivity index (χ0n) is 13.7. The van der Waals surface area contributed by atoms with Gasteiger partial charge in [-0.15, -0.1) is 0 Å². The molecular weight excluding hydrogens is 284 g/mol. The van der Waals surface area contributed by atoms with Crippen LogP contribution >= 0.6 is 0 Å². The fraction of sp³-hybridized carbons (Fsp3) is 0.875. The fourth-order valence-electron chi connectivity index (χ4n) is 2.83. The third kappa shape index (κ3) is 4.68. The van der Waals surface area contributed by atoms with Gasteiger partial charge in [0.2, 0.25) is 5.91 Å². The normalized spacial score (nSPS) is 22.7. The van der Waals surface area contributed by atoms with Gasteiger partial charge in [0.1, 0.15) is 0 Å². The van der Waals surface area contributed by atoms with E-state index in [1.165, 1.54) is 12.8 Å². The van der Waals surface area contributed by atoms with Gasteiger partial charge in [-0.05, 0) is 37.0 Å². The third-order valence-corrected chi connectivity index (χ3v) is 4.42. The first-order chi connectivity index (χ1) is 10.1. The minimum absolute atomic E-state index is 0.0843. The first-order valence-electron chi connectivity index (χ1n) is 8.04. The number of rotatable bonds is 8. The van der Waals surface area contributed by atoms with Gasteiger partial charge in [0.15, 0.2) is 0 Å². The first kappa shape index (κ1) is 17.2. The molecule has 0 spiro atoms. The van der Waals surface area contributed by atoms with Crippen LogP contribution < -0.4 is 11.1 Å². The molecule has 4 N–H and O–H groups in total. The largest absolute Gasteiger partial charge is 0.481 e. The quantitative estimate of drug-likeness (QED) is 0.626. The Morgan fingerprint density at radius 1 is 1.36 bits per heavy atom. The van der Waals surface area contributed by atoms with Crippen LogP contribution in [0.4, 0.5) is 0 Å². The number of carboxylic acid groups (broad SMARTS) is 1. The molecule has 1 amide bonds. The van der Waals surface area contributed by atoms with Crippen molar-refractivity contribution in [1.82, 2.24) is 5.32 Å². The Kier molecular flexibility index (Phi) is 4.82. The number of carbonyl (C=O) groups excluding carboxylic acids is 1. The van der Waals surface area contributed by atoms with E-state index in [-0.39, 0.29) is 23.5 Å². The number of carbonyl (C=O) groups is 2. The second-order valence-electron chi connectivity index (χ2n) is 7.91. The van der Waals surface area contributed by atoms with Gasteiger partial charge in [-0.1, -0.05) is 20.8 Å². The predicted molar refractivity (Wildman–Crippen MR) is 82.3 cm³/mol. The standard InChI is InChI=1S/C16H28N2O4/c1-15(2,3)13(10-4-5-10)22-9-16(6-7-16)18-14(21)11(17)8-12(19)20/h10-11,13H,4-9,17H2,1-3H3,(H,18,21)(H,19,20)/t11-,13?/m0/s1. The lowest BCUT2D eigenvalue weighted by Gasteiger charge is -2.32. The van der Waals surface area contributed by atoms with E-state index >= 15 is 0 Å². The van der Waals surface area contributed by atoms with E-state index in [0.29, 0.717) is 12.5 Å². The van der Waals surface area contributed by atoms with Crippen molar-refractivity contribution in [3.05, 3.63) is 0 Å². The molecule has 2 aliphatic carbocycles. The molecule has 6 nitrogen and oxygen atoms in total. The molecule has 22 heavy (non-hydrogen) atoms. The Balaban J connectivity index is 1.84. The number of nitrogens with two attached hydrogens (primary N) is 1. The molecule has 2 atom stereocenters. The molecule has 0 bridgehead atoms. The molecule has 0 radical (unpaired) electrons. The Bertz CT molecular complexity index is 436. The molecule has 0 saturated heterocycles. The summed E-state index contributed by atoms with van der Waals surface area (Å²) < 4.78 is 6.15. The molecular formula is C16H28N2O4. The number of amides is 1. The van der Waals surface area contributed by atoms with Crippen LogP contribution in [0.3, 0.4) is 0 Å². The SMILES string of the molecule is CC(C)(C)C(OCC1(NC(=O)[C@@H](N)CC(=O)O)CC1)C1CC1. The van der Waals surface area contributed by atoms with Crippen molar-refractivity contribution in [2.45, 2.75) is 70.6 Å². The zero-order chi connectivity index (χ0) is 16.5. The smallest absolute Gasteiger partial charge is 0.305 e. The molecule has 0 heterocycles. The molecule has 2 rings (SSSR count). The maximum atomic E-state index is 12.0. The summed E-state index contributed by atoms with van der Waals surface area (Å²) >= 11 is 0. The molecule has 6 heteroatoms. The summed E-state index contributed by atoms with van der Waals surface area (Å²) in [7, 11) is 0. The average molecular weight is 312 g/mol. The monoisotopic (exact) mass is 312 g/mol. The van der Waals surface area contributed by atoms with Gasteiger partial charge in [0.05, 0.1) is 30.7 Å². The number of hydrogen-bond acceptors (Lipinski definition) is 4. The summed E-state index contributed by atoms with van der Waals surface area (Å²) in [5.74, 6) is -0.840. The number of nitrogens with one attached hydrogen (secondary N) is 1. The molecule has 0 aromatic carbocycles. The number of ether oxygens (including phenoxy) is 1. The average Bonchev–Trinajstić information content (AvgIpc) is 3.24. The van der Waals surface area contributed by atoms with Crippen LogP contribution in [0.5, 0.6) is 0 Å². The Labute approximate surface area is 131 Å². The highest BCUT2D eigenvalue weighted by Crippen LogP contribution is 2.44. The van der Waals surface area contributed by atoms with Crippen molar-refractivity contribution >= 4 is 11.9 Å². The summed E-state index contributed by atoms with van der Waals surface area (Å²) in [4.78, 5) is 22.6. The highest BCUT2D eigenvalue weighted by atomic mass is 16.5. The highest BCUT2D eigenvalue weighted by molar-refractivity contribution is 5.86. The Morgan fingerprint density at radius 2 is 1.95 bits per heavy atom. The molecule has 2 saturated carbocycles. The number of hydrogen-bond donors (Lipinski definition) is 3. The minimum Gasteiger partial charge on any atom is -0.481 e. The second-order valence-corrected chi connectivity index (χ2v) is 7.91. The lowest BCUT2D eigenvalue weighted by Crippen LogP contribution is -2.50. The van der Waals surface area contributed by atoms with Crippen LogP contribution in [-0.2, 0) is 14.3 Å².